The van der Waals surface area contributed by atoms with Crippen LogP contribution >= 0.6 is 0 Å². The minimum Gasteiger partial charge on any atom is -0.383 e. The molecule has 0 aliphatic rings. The molecular weight excluding hydrogens is 202 g/mol. The molecule has 0 radical (unpaired) electrons. The van der Waals surface area contributed by atoms with Crippen LogP contribution in [0.1, 0.15) is 32.0 Å². The summed E-state index contributed by atoms with van der Waals surface area (Å²) in [6, 6.07) is 0.432. The van der Waals surface area contributed by atoms with Gasteiger partial charge in [-0.15, -0.1) is 0 Å². The Morgan fingerprint density at radius 1 is 1.56 bits per heavy atom. The van der Waals surface area contributed by atoms with Crippen molar-refractivity contribution in [1.82, 2.24) is 14.9 Å². The third-order valence-electron chi connectivity index (χ3n) is 2.74. The number of aryl methyl sites for hydroxylation is 1. The first-order valence-corrected chi connectivity index (χ1v) is 5.96. The molecule has 4 nitrogen and oxygen atoms in total. The Kier molecular flexibility index (Phi) is 6.11. The van der Waals surface area contributed by atoms with E-state index in [0.29, 0.717) is 6.04 Å². The number of imidazole rings is 1. The van der Waals surface area contributed by atoms with E-state index >= 15 is 0 Å². The number of ether oxygens (including phenoxy) is 1. The van der Waals surface area contributed by atoms with Crippen molar-refractivity contribution in [3.63, 3.8) is 0 Å². The molecule has 0 spiro atoms. The van der Waals surface area contributed by atoms with Crippen LogP contribution in [-0.4, -0.2) is 29.3 Å². The molecule has 1 aromatic rings. The molecule has 0 aliphatic heterocycles. The smallest absolute Gasteiger partial charge is 0.122 e. The lowest BCUT2D eigenvalue weighted by atomic mass is 10.1. The largest absolute Gasteiger partial charge is 0.383 e. The van der Waals surface area contributed by atoms with E-state index in [1.165, 1.54) is 12.8 Å². The van der Waals surface area contributed by atoms with Crippen molar-refractivity contribution in [2.45, 2.75) is 38.8 Å². The van der Waals surface area contributed by atoms with Crippen LogP contribution in [0.4, 0.5) is 0 Å². The summed E-state index contributed by atoms with van der Waals surface area (Å²) in [5.41, 5.74) is 0. The molecule has 4 heteroatoms. The van der Waals surface area contributed by atoms with E-state index in [-0.39, 0.29) is 0 Å². The van der Waals surface area contributed by atoms with Gasteiger partial charge in [0.05, 0.1) is 13.2 Å². The number of hydrogen-bond donors (Lipinski definition) is 1. The number of hydrogen-bond acceptors (Lipinski definition) is 3. The molecule has 1 atom stereocenters. The molecule has 0 aromatic carbocycles. The number of nitrogens with zero attached hydrogens (tertiary/aromatic N) is 2. The van der Waals surface area contributed by atoms with Crippen molar-refractivity contribution < 1.29 is 4.74 Å². The number of unbranched alkanes of at least 4 members (excludes halogenated alkanes) is 1. The van der Waals surface area contributed by atoms with E-state index in [0.717, 1.165) is 25.4 Å². The zero-order valence-electron chi connectivity index (χ0n) is 10.6. The Labute approximate surface area is 98.0 Å². The summed E-state index contributed by atoms with van der Waals surface area (Å²) in [7, 11) is 3.77. The Bertz CT molecular complexity index is 286. The second kappa shape index (κ2) is 7.41. The van der Waals surface area contributed by atoms with E-state index in [1.54, 1.807) is 7.11 Å². The first kappa shape index (κ1) is 13.2. The molecule has 1 heterocycles. The third-order valence-corrected chi connectivity index (χ3v) is 2.74. The highest BCUT2D eigenvalue weighted by atomic mass is 16.5. The highest BCUT2D eigenvalue weighted by Gasteiger charge is 2.08. The average molecular weight is 225 g/mol. The van der Waals surface area contributed by atoms with Gasteiger partial charge in [0.1, 0.15) is 5.82 Å². The van der Waals surface area contributed by atoms with Gasteiger partial charge in [-0.2, -0.15) is 0 Å². The molecule has 0 bridgehead atoms. The fourth-order valence-corrected chi connectivity index (χ4v) is 1.70. The molecule has 1 N–H and O–H groups in total. The second-order valence-electron chi connectivity index (χ2n) is 4.13. The first-order valence-electron chi connectivity index (χ1n) is 5.96. The van der Waals surface area contributed by atoms with E-state index in [1.807, 2.05) is 24.0 Å². The van der Waals surface area contributed by atoms with Crippen LogP contribution in [0.25, 0.3) is 0 Å². The van der Waals surface area contributed by atoms with E-state index < -0.39 is 0 Å². The Balaban J connectivity index is 2.34. The molecule has 0 saturated heterocycles. The summed E-state index contributed by atoms with van der Waals surface area (Å²) >= 11 is 0. The van der Waals surface area contributed by atoms with Gasteiger partial charge in [-0.25, -0.2) is 4.98 Å². The van der Waals surface area contributed by atoms with Crippen molar-refractivity contribution in [2.75, 3.05) is 13.7 Å². The molecule has 0 aliphatic carbocycles. The van der Waals surface area contributed by atoms with Crippen LogP contribution in [0.15, 0.2) is 12.4 Å². The quantitative estimate of drug-likeness (QED) is 0.732. The minimum atomic E-state index is 0.432. The fraction of sp³-hybridized carbons (Fsp3) is 0.750. The van der Waals surface area contributed by atoms with Crippen LogP contribution < -0.4 is 5.32 Å². The Morgan fingerprint density at radius 2 is 2.38 bits per heavy atom. The molecular formula is C12H23N3O. The van der Waals surface area contributed by atoms with Gasteiger partial charge in [0.25, 0.3) is 0 Å². The summed E-state index contributed by atoms with van der Waals surface area (Å²) in [4.78, 5) is 4.29. The summed E-state index contributed by atoms with van der Waals surface area (Å²) in [5.74, 6) is 1.07. The monoisotopic (exact) mass is 225 g/mol. The molecule has 1 aromatic heterocycles. The normalized spacial score (nSPS) is 12.9. The molecule has 1 unspecified atom stereocenters. The van der Waals surface area contributed by atoms with E-state index in [9.17, 15) is 0 Å². The molecule has 16 heavy (non-hydrogen) atoms. The van der Waals surface area contributed by atoms with Gasteiger partial charge in [-0.3, -0.25) is 0 Å². The molecule has 92 valence electrons. The number of aromatic nitrogens is 2. The Hall–Kier alpha value is -0.870. The lowest BCUT2D eigenvalue weighted by molar-refractivity contribution is 0.160. The van der Waals surface area contributed by atoms with Crippen LogP contribution in [-0.2, 0) is 18.3 Å². The second-order valence-corrected chi connectivity index (χ2v) is 4.13. The number of rotatable bonds is 8. The maximum atomic E-state index is 5.21. The van der Waals surface area contributed by atoms with E-state index in [2.05, 4.69) is 17.2 Å². The van der Waals surface area contributed by atoms with Crippen molar-refractivity contribution in [3.05, 3.63) is 18.2 Å². The summed E-state index contributed by atoms with van der Waals surface area (Å²) in [6.07, 6.45) is 7.42. The van der Waals surface area contributed by atoms with Crippen molar-refractivity contribution in [2.24, 2.45) is 7.05 Å². The molecule has 1 rings (SSSR count). The van der Waals surface area contributed by atoms with Gasteiger partial charge < -0.3 is 14.6 Å². The zero-order chi connectivity index (χ0) is 11.8. The predicted molar refractivity (Wildman–Crippen MR) is 65.2 cm³/mol. The Morgan fingerprint density at radius 3 is 2.94 bits per heavy atom. The third kappa shape index (κ3) is 4.33. The van der Waals surface area contributed by atoms with Crippen LogP contribution in [0, 0.1) is 0 Å². The number of methoxy groups -OCH3 is 1. The minimum absolute atomic E-state index is 0.432. The average Bonchev–Trinajstić information content (AvgIpc) is 2.68. The summed E-state index contributed by atoms with van der Waals surface area (Å²) in [6.45, 7) is 3.79. The van der Waals surface area contributed by atoms with E-state index in [4.69, 9.17) is 4.74 Å². The topological polar surface area (TPSA) is 39.1 Å². The van der Waals surface area contributed by atoms with Crippen LogP contribution in [0.5, 0.6) is 0 Å². The summed E-state index contributed by atoms with van der Waals surface area (Å²) in [5, 5.41) is 3.49. The zero-order valence-corrected chi connectivity index (χ0v) is 10.6. The predicted octanol–water partition coefficient (Wildman–Crippen LogP) is 1.71. The number of nitrogens with one attached hydrogen (secondary N) is 1. The van der Waals surface area contributed by atoms with Crippen LogP contribution in [0.3, 0.4) is 0 Å². The lowest BCUT2D eigenvalue weighted by Crippen LogP contribution is -2.33. The van der Waals surface area contributed by atoms with Crippen LogP contribution in [0.2, 0.25) is 0 Å². The maximum Gasteiger partial charge on any atom is 0.122 e. The molecule has 0 fully saturated rings. The van der Waals surface area contributed by atoms with Gasteiger partial charge in [-0.05, 0) is 6.42 Å². The van der Waals surface area contributed by atoms with Gasteiger partial charge in [-0.1, -0.05) is 19.8 Å². The van der Waals surface area contributed by atoms with Crippen molar-refractivity contribution in [1.29, 1.82) is 0 Å². The lowest BCUT2D eigenvalue weighted by Gasteiger charge is -2.17. The van der Waals surface area contributed by atoms with Crippen molar-refractivity contribution >= 4 is 0 Å². The maximum absolute atomic E-state index is 5.21. The van der Waals surface area contributed by atoms with Crippen molar-refractivity contribution in [3.8, 4) is 0 Å². The fourth-order valence-electron chi connectivity index (χ4n) is 1.70. The van der Waals surface area contributed by atoms with Gasteiger partial charge in [0.2, 0.25) is 0 Å². The highest BCUT2D eigenvalue weighted by Crippen LogP contribution is 2.02. The van der Waals surface area contributed by atoms with Gasteiger partial charge in [0.15, 0.2) is 0 Å². The SMILES string of the molecule is CCCCC(COC)NCc1nccn1C. The molecule has 0 amide bonds. The standard InChI is InChI=1S/C12H23N3O/c1-4-5-6-11(10-16-3)14-9-12-13-7-8-15(12)2/h7-8,11,14H,4-6,9-10H2,1-3H3. The summed E-state index contributed by atoms with van der Waals surface area (Å²) < 4.78 is 7.25. The van der Waals surface area contributed by atoms with Gasteiger partial charge >= 0.3 is 0 Å². The van der Waals surface area contributed by atoms with Gasteiger partial charge in [0, 0.05) is 32.6 Å². The highest BCUT2D eigenvalue weighted by molar-refractivity contribution is 4.90. The molecule has 0 saturated carbocycles. The first-order chi connectivity index (χ1) is 7.77.